The molecule has 0 amide bonds. The Hall–Kier alpha value is -4.32. The average molecular weight is 481 g/mol. The van der Waals surface area contributed by atoms with Crippen molar-refractivity contribution < 1.29 is 18.9 Å². The highest BCUT2D eigenvalue weighted by atomic mass is 16.5. The first-order valence-electron chi connectivity index (χ1n) is 11.6. The van der Waals surface area contributed by atoms with Gasteiger partial charge in [-0.25, -0.2) is 0 Å². The fraction of sp³-hybridized carbons (Fsp3) is 0.200. The monoisotopic (exact) mass is 480 g/mol. The molecule has 182 valence electrons. The molecular weight excluding hydrogens is 452 g/mol. The summed E-state index contributed by atoms with van der Waals surface area (Å²) in [5.74, 6) is 2.93. The molecule has 0 spiro atoms. The van der Waals surface area contributed by atoms with Crippen molar-refractivity contribution >= 4 is 21.8 Å². The summed E-state index contributed by atoms with van der Waals surface area (Å²) in [4.78, 5) is 9.89. The van der Waals surface area contributed by atoms with Crippen LogP contribution in [0.4, 0.5) is 0 Å². The molecule has 5 aromatic rings. The zero-order chi connectivity index (χ0) is 25.4. The zero-order valence-electron chi connectivity index (χ0n) is 21.3. The molecule has 2 aromatic heterocycles. The Morgan fingerprint density at radius 3 is 1.11 bits per heavy atom. The van der Waals surface area contributed by atoms with Crippen LogP contribution in [-0.4, -0.2) is 38.4 Å². The second kappa shape index (κ2) is 9.38. The Bertz CT molecular complexity index is 1450. The van der Waals surface area contributed by atoms with Gasteiger partial charge in [0.1, 0.15) is 23.0 Å². The molecule has 0 fully saturated rings. The van der Waals surface area contributed by atoms with E-state index in [1.54, 1.807) is 28.4 Å². The second-order valence-electron chi connectivity index (χ2n) is 8.68. The van der Waals surface area contributed by atoms with Crippen LogP contribution < -0.4 is 18.9 Å². The van der Waals surface area contributed by atoms with Crippen LogP contribution >= 0.6 is 0 Å². The van der Waals surface area contributed by atoms with Crippen LogP contribution in [0, 0.1) is 13.8 Å². The van der Waals surface area contributed by atoms with Gasteiger partial charge in [0.2, 0.25) is 0 Å². The number of fused-ring (bicyclic) bond motifs is 3. The van der Waals surface area contributed by atoms with E-state index in [1.807, 2.05) is 50.2 Å². The predicted octanol–water partition coefficient (Wildman–Crippen LogP) is 6.77. The molecule has 0 aliphatic carbocycles. The molecule has 0 bridgehead atoms. The van der Waals surface area contributed by atoms with Crippen LogP contribution in [0.5, 0.6) is 23.0 Å². The van der Waals surface area contributed by atoms with Gasteiger partial charge in [-0.15, -0.1) is 0 Å². The largest absolute Gasteiger partial charge is 0.497 e. The maximum Gasteiger partial charge on any atom is 0.123 e. The molecule has 0 aliphatic heterocycles. The van der Waals surface area contributed by atoms with Crippen LogP contribution in [0.3, 0.4) is 0 Å². The van der Waals surface area contributed by atoms with Gasteiger partial charge < -0.3 is 18.9 Å². The normalized spacial score (nSPS) is 11.1. The Morgan fingerprint density at radius 2 is 0.806 bits per heavy atom. The molecule has 0 aliphatic rings. The summed E-state index contributed by atoms with van der Waals surface area (Å²) in [6, 6.07) is 20.2. The number of nitrogens with zero attached hydrogens (tertiary/aromatic N) is 2. The topological polar surface area (TPSA) is 62.7 Å². The van der Waals surface area contributed by atoms with Gasteiger partial charge in [0.05, 0.1) is 39.5 Å². The van der Waals surface area contributed by atoms with E-state index in [4.69, 9.17) is 28.9 Å². The third-order valence-corrected chi connectivity index (χ3v) is 6.34. The first-order chi connectivity index (χ1) is 17.4. The highest BCUT2D eigenvalue weighted by Crippen LogP contribution is 2.39. The van der Waals surface area contributed by atoms with Crippen molar-refractivity contribution in [2.75, 3.05) is 28.4 Å². The number of benzene rings is 3. The summed E-state index contributed by atoms with van der Waals surface area (Å²) in [6.45, 7) is 4.01. The van der Waals surface area contributed by atoms with E-state index < -0.39 is 0 Å². The molecule has 0 saturated heterocycles. The first kappa shape index (κ1) is 23.4. The van der Waals surface area contributed by atoms with Crippen molar-refractivity contribution in [2.24, 2.45) is 0 Å². The van der Waals surface area contributed by atoms with Crippen molar-refractivity contribution in [3.63, 3.8) is 0 Å². The van der Waals surface area contributed by atoms with Crippen molar-refractivity contribution in [1.29, 1.82) is 0 Å². The Morgan fingerprint density at radius 1 is 0.472 bits per heavy atom. The minimum absolute atomic E-state index is 0.732. The fourth-order valence-electron chi connectivity index (χ4n) is 4.63. The number of hydrogen-bond donors (Lipinski definition) is 0. The van der Waals surface area contributed by atoms with Gasteiger partial charge in [-0.2, -0.15) is 0 Å². The molecule has 0 unspecified atom stereocenters. The van der Waals surface area contributed by atoms with E-state index in [-0.39, 0.29) is 0 Å². The van der Waals surface area contributed by atoms with Gasteiger partial charge in [0, 0.05) is 34.3 Å². The Balaban J connectivity index is 1.81. The summed E-state index contributed by atoms with van der Waals surface area (Å²) in [7, 11) is 6.63. The smallest absolute Gasteiger partial charge is 0.123 e. The average Bonchev–Trinajstić information content (AvgIpc) is 2.91. The van der Waals surface area contributed by atoms with Gasteiger partial charge in [0.15, 0.2) is 0 Å². The quantitative estimate of drug-likeness (QED) is 0.250. The predicted molar refractivity (Wildman–Crippen MR) is 144 cm³/mol. The lowest BCUT2D eigenvalue weighted by Crippen LogP contribution is -1.96. The van der Waals surface area contributed by atoms with Crippen molar-refractivity contribution in [3.05, 3.63) is 72.1 Å². The van der Waals surface area contributed by atoms with Crippen LogP contribution in [0.25, 0.3) is 44.1 Å². The number of pyridine rings is 2. The summed E-state index contributed by atoms with van der Waals surface area (Å²) in [6.07, 6.45) is 0. The van der Waals surface area contributed by atoms with Crippen molar-refractivity contribution in [1.82, 2.24) is 9.97 Å². The number of rotatable bonds is 6. The third kappa shape index (κ3) is 4.15. The van der Waals surface area contributed by atoms with Crippen LogP contribution in [0.2, 0.25) is 0 Å². The molecule has 3 aromatic carbocycles. The maximum absolute atomic E-state index is 5.52. The third-order valence-electron chi connectivity index (χ3n) is 6.34. The fourth-order valence-corrected chi connectivity index (χ4v) is 4.63. The van der Waals surface area contributed by atoms with E-state index in [0.29, 0.717) is 0 Å². The van der Waals surface area contributed by atoms with E-state index in [0.717, 1.165) is 78.4 Å². The van der Waals surface area contributed by atoms with E-state index in [2.05, 4.69) is 24.3 Å². The van der Waals surface area contributed by atoms with E-state index >= 15 is 0 Å². The molecule has 0 saturated carbocycles. The molecule has 5 rings (SSSR count). The molecular formula is C30H28N2O4. The number of ether oxygens (including phenoxy) is 4. The Labute approximate surface area is 210 Å². The molecule has 36 heavy (non-hydrogen) atoms. The summed E-state index contributed by atoms with van der Waals surface area (Å²) in [5.41, 5.74) is 7.58. The van der Waals surface area contributed by atoms with Gasteiger partial charge >= 0.3 is 0 Å². The van der Waals surface area contributed by atoms with Crippen LogP contribution in [0.1, 0.15) is 11.4 Å². The Kier molecular flexibility index (Phi) is 6.10. The molecule has 6 heteroatoms. The molecule has 0 atom stereocenters. The van der Waals surface area contributed by atoms with E-state index in [1.165, 1.54) is 0 Å². The highest BCUT2D eigenvalue weighted by Gasteiger charge is 2.16. The maximum atomic E-state index is 5.52. The highest BCUT2D eigenvalue weighted by molar-refractivity contribution is 6.12. The number of aromatic nitrogens is 2. The van der Waals surface area contributed by atoms with Crippen molar-refractivity contribution in [2.45, 2.75) is 13.8 Å². The molecule has 2 heterocycles. The van der Waals surface area contributed by atoms with Gasteiger partial charge in [-0.3, -0.25) is 9.97 Å². The number of hydrogen-bond acceptors (Lipinski definition) is 6. The van der Waals surface area contributed by atoms with Gasteiger partial charge in [0.25, 0.3) is 0 Å². The summed E-state index contributed by atoms with van der Waals surface area (Å²) < 4.78 is 22.1. The molecule has 6 nitrogen and oxygen atoms in total. The number of methoxy groups -OCH3 is 4. The standard InChI is InChI=1S/C30H28N2O4/c1-17-9-27(19-11-21(33-3)15-22(12-19)34-4)25-7-8-26-28(10-18(2)32-30(26)29(25)31-17)20-13-23(35-5)16-24(14-20)36-6/h7-16H,1-6H3. The summed E-state index contributed by atoms with van der Waals surface area (Å²) >= 11 is 0. The lowest BCUT2D eigenvalue weighted by molar-refractivity contribution is 0.394. The van der Waals surface area contributed by atoms with Crippen molar-refractivity contribution in [3.8, 4) is 45.3 Å². The lowest BCUT2D eigenvalue weighted by atomic mass is 9.95. The van der Waals surface area contributed by atoms with E-state index in [9.17, 15) is 0 Å². The number of aryl methyl sites for hydroxylation is 2. The minimum Gasteiger partial charge on any atom is -0.497 e. The van der Waals surface area contributed by atoms with Crippen LogP contribution in [-0.2, 0) is 0 Å². The van der Waals surface area contributed by atoms with Gasteiger partial charge in [-0.1, -0.05) is 12.1 Å². The van der Waals surface area contributed by atoms with Gasteiger partial charge in [-0.05, 0) is 72.5 Å². The first-order valence-corrected chi connectivity index (χ1v) is 11.6. The lowest BCUT2D eigenvalue weighted by Gasteiger charge is -2.15. The van der Waals surface area contributed by atoms with Crippen LogP contribution in [0.15, 0.2) is 60.7 Å². The SMILES string of the molecule is COc1cc(OC)cc(-c2cc(C)nc3c2ccc2c(-c4cc(OC)cc(OC)c4)cc(C)nc23)c1. The molecule has 0 radical (unpaired) electrons. The zero-order valence-corrected chi connectivity index (χ0v) is 21.3. The minimum atomic E-state index is 0.732. The summed E-state index contributed by atoms with van der Waals surface area (Å²) in [5, 5.41) is 2.02. The molecule has 0 N–H and O–H groups in total. The second-order valence-corrected chi connectivity index (χ2v) is 8.68.